The molecule has 0 aliphatic carbocycles. The zero-order valence-electron chi connectivity index (χ0n) is 15.0. The molecule has 0 saturated carbocycles. The lowest BCUT2D eigenvalue weighted by atomic mass is 9.89. The zero-order valence-corrected chi connectivity index (χ0v) is 15.0. The first-order valence-electron chi connectivity index (χ1n) is 9.03. The minimum Gasteiger partial charge on any atom is -0.370 e. The van der Waals surface area contributed by atoms with Gasteiger partial charge in [0.05, 0.1) is 5.56 Å². The van der Waals surface area contributed by atoms with Gasteiger partial charge in [-0.25, -0.2) is 4.98 Å². The zero-order chi connectivity index (χ0) is 17.5. The third-order valence-corrected chi connectivity index (χ3v) is 4.34. The van der Waals surface area contributed by atoms with E-state index in [0.717, 1.165) is 38.2 Å². The molecule has 1 fully saturated rings. The molecule has 2 rings (SSSR count). The van der Waals surface area contributed by atoms with Crippen molar-refractivity contribution < 1.29 is 9.59 Å². The van der Waals surface area contributed by atoms with Gasteiger partial charge in [0.15, 0.2) is 0 Å². The number of carbonyl (C=O) groups excluding carboxylic acids is 2. The van der Waals surface area contributed by atoms with Crippen LogP contribution in [0.4, 0.5) is 5.82 Å². The number of pyridine rings is 1. The Morgan fingerprint density at radius 2 is 2.17 bits per heavy atom. The second-order valence-corrected chi connectivity index (χ2v) is 7.01. The van der Waals surface area contributed by atoms with Gasteiger partial charge in [0, 0.05) is 38.2 Å². The van der Waals surface area contributed by atoms with Crippen LogP contribution in [-0.4, -0.2) is 41.2 Å². The molecule has 0 radical (unpaired) electrons. The van der Waals surface area contributed by atoms with Crippen LogP contribution in [-0.2, 0) is 4.79 Å². The van der Waals surface area contributed by atoms with E-state index >= 15 is 0 Å². The van der Waals surface area contributed by atoms with E-state index in [9.17, 15) is 9.59 Å². The Labute approximate surface area is 144 Å². The Bertz CT molecular complexity index is 554. The predicted molar refractivity (Wildman–Crippen MR) is 96.1 cm³/mol. The van der Waals surface area contributed by atoms with Gasteiger partial charge < -0.3 is 10.2 Å². The van der Waals surface area contributed by atoms with Gasteiger partial charge in [0.2, 0.25) is 0 Å². The third-order valence-electron chi connectivity index (χ3n) is 4.34. The van der Waals surface area contributed by atoms with E-state index < -0.39 is 0 Å². The highest BCUT2D eigenvalue weighted by molar-refractivity contribution is 5.94. The number of nitrogens with zero attached hydrogens (tertiary/aromatic N) is 2. The molecule has 1 aliphatic heterocycles. The van der Waals surface area contributed by atoms with Crippen molar-refractivity contribution in [1.82, 2.24) is 9.88 Å². The Morgan fingerprint density at radius 1 is 1.38 bits per heavy atom. The largest absolute Gasteiger partial charge is 0.370 e. The number of hydrogen-bond donors (Lipinski definition) is 1. The predicted octanol–water partition coefficient (Wildman–Crippen LogP) is 3.37. The molecular weight excluding hydrogens is 302 g/mol. The van der Waals surface area contributed by atoms with Crippen LogP contribution >= 0.6 is 0 Å². The number of ketones is 1. The number of likely N-dealkylation sites (tertiary alicyclic amines) is 1. The summed E-state index contributed by atoms with van der Waals surface area (Å²) < 4.78 is 0. The summed E-state index contributed by atoms with van der Waals surface area (Å²) in [7, 11) is 0. The summed E-state index contributed by atoms with van der Waals surface area (Å²) in [6.45, 7) is 8.34. The molecule has 0 spiro atoms. The van der Waals surface area contributed by atoms with E-state index in [1.165, 1.54) is 0 Å². The number of Topliss-reactive ketones (excluding diaryl/α,β-unsaturated/α-hetero) is 1. The molecule has 5 nitrogen and oxygen atoms in total. The van der Waals surface area contributed by atoms with Gasteiger partial charge in [-0.15, -0.1) is 0 Å². The monoisotopic (exact) mass is 331 g/mol. The van der Waals surface area contributed by atoms with Crippen molar-refractivity contribution in [2.24, 2.45) is 11.8 Å². The third kappa shape index (κ3) is 5.05. The number of aromatic nitrogens is 1. The van der Waals surface area contributed by atoms with Crippen LogP contribution in [0.3, 0.4) is 0 Å². The molecule has 0 bridgehead atoms. The Kier molecular flexibility index (Phi) is 6.76. The van der Waals surface area contributed by atoms with Crippen LogP contribution in [0.25, 0.3) is 0 Å². The van der Waals surface area contributed by atoms with Gasteiger partial charge in [-0.3, -0.25) is 9.59 Å². The first-order valence-corrected chi connectivity index (χ1v) is 9.03. The maximum absolute atomic E-state index is 12.7. The molecule has 1 amide bonds. The number of nitrogens with one attached hydrogen (secondary N) is 1. The Morgan fingerprint density at radius 3 is 2.79 bits per heavy atom. The number of piperidine rings is 1. The molecule has 1 saturated heterocycles. The second kappa shape index (κ2) is 8.81. The van der Waals surface area contributed by atoms with E-state index in [4.69, 9.17) is 0 Å². The van der Waals surface area contributed by atoms with Crippen LogP contribution < -0.4 is 5.32 Å². The molecule has 1 aliphatic rings. The number of anilines is 1. The van der Waals surface area contributed by atoms with E-state index in [0.29, 0.717) is 30.2 Å². The van der Waals surface area contributed by atoms with E-state index in [1.807, 2.05) is 17.0 Å². The number of hydrogen-bond acceptors (Lipinski definition) is 4. The van der Waals surface area contributed by atoms with Crippen molar-refractivity contribution in [2.75, 3.05) is 25.0 Å². The van der Waals surface area contributed by atoms with E-state index in [-0.39, 0.29) is 11.8 Å². The smallest absolute Gasteiger partial charge is 0.255 e. The minimum absolute atomic E-state index is 0.0106. The highest BCUT2D eigenvalue weighted by atomic mass is 16.2. The maximum Gasteiger partial charge on any atom is 0.255 e. The fraction of sp³-hybridized carbons (Fsp3) is 0.632. The highest BCUT2D eigenvalue weighted by Crippen LogP contribution is 2.22. The van der Waals surface area contributed by atoms with Crippen LogP contribution in [0.2, 0.25) is 0 Å². The van der Waals surface area contributed by atoms with Gasteiger partial charge in [-0.05, 0) is 37.3 Å². The second-order valence-electron chi connectivity index (χ2n) is 7.01. The number of amides is 1. The summed E-state index contributed by atoms with van der Waals surface area (Å²) >= 11 is 0. The molecule has 5 heteroatoms. The van der Waals surface area contributed by atoms with Crippen molar-refractivity contribution >= 4 is 17.5 Å². The fourth-order valence-corrected chi connectivity index (χ4v) is 3.05. The summed E-state index contributed by atoms with van der Waals surface area (Å²) in [6.07, 6.45) is 5.05. The van der Waals surface area contributed by atoms with Gasteiger partial charge in [-0.2, -0.15) is 0 Å². The van der Waals surface area contributed by atoms with Crippen molar-refractivity contribution in [2.45, 2.75) is 46.5 Å². The first-order chi connectivity index (χ1) is 11.5. The lowest BCUT2D eigenvalue weighted by Crippen LogP contribution is -2.42. The standard InChI is InChI=1S/C19H29N3O2/c1-4-9-20-18-8-7-15(12-21-18)19(24)22-10-5-6-16(13-22)17(23)11-14(2)3/h7-8,12,14,16H,4-6,9-11,13H2,1-3H3,(H,20,21)/t16-/m0/s1. The van der Waals surface area contributed by atoms with Crippen molar-refractivity contribution in [1.29, 1.82) is 0 Å². The van der Waals surface area contributed by atoms with Crippen molar-refractivity contribution in [3.8, 4) is 0 Å². The average molecular weight is 331 g/mol. The summed E-state index contributed by atoms with van der Waals surface area (Å²) in [5.74, 6) is 1.42. The SMILES string of the molecule is CCCNc1ccc(C(=O)N2CCC[C@H](C(=O)CC(C)C)C2)cn1. The molecule has 24 heavy (non-hydrogen) atoms. The van der Waals surface area contributed by atoms with Crippen molar-refractivity contribution in [3.05, 3.63) is 23.9 Å². The van der Waals surface area contributed by atoms with Crippen molar-refractivity contribution in [3.63, 3.8) is 0 Å². The van der Waals surface area contributed by atoms with Gasteiger partial charge in [0.25, 0.3) is 5.91 Å². The quantitative estimate of drug-likeness (QED) is 0.832. The molecule has 1 N–H and O–H groups in total. The molecule has 132 valence electrons. The molecule has 0 aromatic carbocycles. The van der Waals surface area contributed by atoms with Crippen LogP contribution in [0.1, 0.15) is 56.8 Å². The summed E-state index contributed by atoms with van der Waals surface area (Å²) in [5, 5.41) is 3.20. The molecular formula is C19H29N3O2. The van der Waals surface area contributed by atoms with Crippen LogP contribution in [0.5, 0.6) is 0 Å². The minimum atomic E-state index is -0.0217. The Hall–Kier alpha value is -1.91. The number of rotatable bonds is 7. The first kappa shape index (κ1) is 18.4. The molecule has 2 heterocycles. The summed E-state index contributed by atoms with van der Waals surface area (Å²) in [6, 6.07) is 3.65. The maximum atomic E-state index is 12.7. The van der Waals surface area contributed by atoms with E-state index in [1.54, 1.807) is 6.20 Å². The molecule has 1 aromatic rings. The molecule has 1 atom stereocenters. The lowest BCUT2D eigenvalue weighted by molar-refractivity contribution is -0.124. The van der Waals surface area contributed by atoms with E-state index in [2.05, 4.69) is 31.1 Å². The molecule has 1 aromatic heterocycles. The topological polar surface area (TPSA) is 62.3 Å². The highest BCUT2D eigenvalue weighted by Gasteiger charge is 2.29. The summed E-state index contributed by atoms with van der Waals surface area (Å²) in [5.41, 5.74) is 0.592. The average Bonchev–Trinajstić information content (AvgIpc) is 2.59. The Balaban J connectivity index is 1.97. The summed E-state index contributed by atoms with van der Waals surface area (Å²) in [4.78, 5) is 31.1. The fourth-order valence-electron chi connectivity index (χ4n) is 3.05. The number of carbonyl (C=O) groups is 2. The van der Waals surface area contributed by atoms with Gasteiger partial charge >= 0.3 is 0 Å². The molecule has 0 unspecified atom stereocenters. The lowest BCUT2D eigenvalue weighted by Gasteiger charge is -2.32. The van der Waals surface area contributed by atoms with Crippen LogP contribution in [0, 0.1) is 11.8 Å². The normalized spacial score (nSPS) is 17.8. The van der Waals surface area contributed by atoms with Gasteiger partial charge in [0.1, 0.15) is 11.6 Å². The van der Waals surface area contributed by atoms with Crippen LogP contribution in [0.15, 0.2) is 18.3 Å². The van der Waals surface area contributed by atoms with Gasteiger partial charge in [-0.1, -0.05) is 20.8 Å².